The van der Waals surface area contributed by atoms with Crippen molar-refractivity contribution < 1.29 is 14.3 Å². The van der Waals surface area contributed by atoms with Gasteiger partial charge < -0.3 is 14.8 Å². The third kappa shape index (κ3) is 3.92. The maximum absolute atomic E-state index is 12.1. The number of carbonyl (C=O) groups excluding carboxylic acids is 1. The molecule has 1 aromatic rings. The minimum absolute atomic E-state index is 0.170. The SMILES string of the molecule is C=CCOc1c(Br)cc(/C=C2\NC(=S)N(C)C2=O)cc1OCC. The Morgan fingerprint density at radius 2 is 2.17 bits per heavy atom. The smallest absolute Gasteiger partial charge is 0.276 e. The summed E-state index contributed by atoms with van der Waals surface area (Å²) in [7, 11) is 1.63. The van der Waals surface area contributed by atoms with E-state index < -0.39 is 0 Å². The van der Waals surface area contributed by atoms with E-state index >= 15 is 0 Å². The summed E-state index contributed by atoms with van der Waals surface area (Å²) in [4.78, 5) is 13.4. The fourth-order valence-corrected chi connectivity index (χ4v) is 2.77. The number of hydrogen-bond acceptors (Lipinski definition) is 4. The lowest BCUT2D eigenvalue weighted by Gasteiger charge is -2.13. The molecule has 0 spiro atoms. The van der Waals surface area contributed by atoms with Crippen LogP contribution in [0.2, 0.25) is 0 Å². The molecular weight excluding hydrogens is 380 g/mol. The monoisotopic (exact) mass is 396 g/mol. The Bertz CT molecular complexity index is 688. The fourth-order valence-electron chi connectivity index (χ4n) is 2.01. The molecule has 122 valence electrons. The number of hydrogen-bond donors (Lipinski definition) is 1. The number of likely N-dealkylation sites (N-methyl/N-ethyl adjacent to an activating group) is 1. The normalized spacial score (nSPS) is 15.8. The second-order valence-corrected chi connectivity index (χ2v) is 5.96. The van der Waals surface area contributed by atoms with E-state index in [1.165, 1.54) is 4.90 Å². The molecule has 7 heteroatoms. The van der Waals surface area contributed by atoms with Gasteiger partial charge in [-0.25, -0.2) is 0 Å². The zero-order valence-electron chi connectivity index (χ0n) is 12.9. The number of nitrogens with one attached hydrogen (secondary N) is 1. The van der Waals surface area contributed by atoms with Gasteiger partial charge in [0.2, 0.25) is 0 Å². The lowest BCUT2D eigenvalue weighted by Crippen LogP contribution is -2.25. The summed E-state index contributed by atoms with van der Waals surface area (Å²) in [5.74, 6) is 1.03. The molecule has 0 atom stereocenters. The number of benzene rings is 1. The topological polar surface area (TPSA) is 50.8 Å². The average molecular weight is 397 g/mol. The standard InChI is InChI=1S/C16H17BrN2O3S/c1-4-6-22-14-11(17)7-10(9-13(14)21-5-2)8-12-15(20)19(3)16(23)18-12/h4,7-9H,1,5-6H2,2-3H3,(H,18,23)/b12-8-. The van der Waals surface area contributed by atoms with Crippen LogP contribution >= 0.6 is 28.1 Å². The molecule has 1 N–H and O–H groups in total. The number of rotatable bonds is 6. The quantitative estimate of drug-likeness (QED) is 0.454. The largest absolute Gasteiger partial charge is 0.490 e. The fraction of sp³-hybridized carbons (Fsp3) is 0.250. The molecule has 2 rings (SSSR count). The molecule has 1 aliphatic rings. The summed E-state index contributed by atoms with van der Waals surface area (Å²) in [6, 6.07) is 3.67. The highest BCUT2D eigenvalue weighted by molar-refractivity contribution is 9.10. The van der Waals surface area contributed by atoms with E-state index in [9.17, 15) is 4.79 Å². The van der Waals surface area contributed by atoms with Gasteiger partial charge in [-0.2, -0.15) is 0 Å². The van der Waals surface area contributed by atoms with Gasteiger partial charge in [0.25, 0.3) is 5.91 Å². The van der Waals surface area contributed by atoms with E-state index in [0.29, 0.717) is 35.5 Å². The Hall–Kier alpha value is -1.86. The van der Waals surface area contributed by atoms with Gasteiger partial charge in [-0.1, -0.05) is 12.7 Å². The zero-order chi connectivity index (χ0) is 17.0. The first-order valence-electron chi connectivity index (χ1n) is 6.98. The third-order valence-corrected chi connectivity index (χ3v) is 4.03. The molecule has 0 bridgehead atoms. The number of ether oxygens (including phenoxy) is 2. The summed E-state index contributed by atoms with van der Waals surface area (Å²) in [6.45, 7) is 6.41. The predicted octanol–water partition coefficient (Wildman–Crippen LogP) is 3.10. The Balaban J connectivity index is 2.39. The van der Waals surface area contributed by atoms with E-state index in [1.54, 1.807) is 19.2 Å². The van der Waals surface area contributed by atoms with Crippen molar-refractivity contribution >= 4 is 45.2 Å². The van der Waals surface area contributed by atoms with E-state index in [0.717, 1.165) is 10.0 Å². The Morgan fingerprint density at radius 1 is 1.43 bits per heavy atom. The minimum Gasteiger partial charge on any atom is -0.490 e. The van der Waals surface area contributed by atoms with Crippen LogP contribution in [0, 0.1) is 0 Å². The van der Waals surface area contributed by atoms with Gasteiger partial charge in [-0.05, 0) is 58.8 Å². The third-order valence-electron chi connectivity index (χ3n) is 3.07. The van der Waals surface area contributed by atoms with Gasteiger partial charge in [-0.3, -0.25) is 9.69 Å². The van der Waals surface area contributed by atoms with Gasteiger partial charge in [0.15, 0.2) is 16.6 Å². The van der Waals surface area contributed by atoms with Crippen molar-refractivity contribution in [3.8, 4) is 11.5 Å². The molecule has 1 aliphatic heterocycles. The van der Waals surface area contributed by atoms with Crippen molar-refractivity contribution in [2.24, 2.45) is 0 Å². The molecule has 0 aromatic heterocycles. The van der Waals surface area contributed by atoms with Crippen molar-refractivity contribution in [2.75, 3.05) is 20.3 Å². The first-order chi connectivity index (χ1) is 11.0. The highest BCUT2D eigenvalue weighted by atomic mass is 79.9. The van der Waals surface area contributed by atoms with E-state index in [2.05, 4.69) is 27.8 Å². The molecule has 5 nitrogen and oxygen atoms in total. The van der Waals surface area contributed by atoms with Crippen LogP contribution in [-0.2, 0) is 4.79 Å². The van der Waals surface area contributed by atoms with Crippen LogP contribution in [-0.4, -0.2) is 36.2 Å². The number of carbonyl (C=O) groups is 1. The van der Waals surface area contributed by atoms with Crippen LogP contribution in [0.15, 0.2) is 35.0 Å². The van der Waals surface area contributed by atoms with Gasteiger partial charge >= 0.3 is 0 Å². The molecule has 1 aromatic carbocycles. The maximum atomic E-state index is 12.1. The van der Waals surface area contributed by atoms with Crippen molar-refractivity contribution in [3.05, 3.63) is 40.5 Å². The van der Waals surface area contributed by atoms with Crippen molar-refractivity contribution in [3.63, 3.8) is 0 Å². The molecule has 1 amide bonds. The first kappa shape index (κ1) is 17.5. The van der Waals surface area contributed by atoms with Crippen LogP contribution in [0.4, 0.5) is 0 Å². The molecular formula is C16H17BrN2O3S. The second kappa shape index (κ2) is 7.61. The van der Waals surface area contributed by atoms with Crippen LogP contribution in [0.1, 0.15) is 12.5 Å². The molecule has 0 radical (unpaired) electrons. The molecule has 0 unspecified atom stereocenters. The number of amides is 1. The molecule has 1 heterocycles. The Kier molecular flexibility index (Phi) is 5.79. The number of nitrogens with zero attached hydrogens (tertiary/aromatic N) is 1. The Morgan fingerprint density at radius 3 is 2.74 bits per heavy atom. The van der Waals surface area contributed by atoms with Crippen molar-refractivity contribution in [1.29, 1.82) is 0 Å². The molecule has 1 fully saturated rings. The average Bonchev–Trinajstić information content (AvgIpc) is 2.74. The van der Waals surface area contributed by atoms with Gasteiger partial charge in [-0.15, -0.1) is 0 Å². The minimum atomic E-state index is -0.170. The van der Waals surface area contributed by atoms with Crippen LogP contribution in [0.25, 0.3) is 6.08 Å². The molecule has 0 saturated carbocycles. The van der Waals surface area contributed by atoms with E-state index in [4.69, 9.17) is 21.7 Å². The Labute approximate surface area is 149 Å². The van der Waals surface area contributed by atoms with Gasteiger partial charge in [0.05, 0.1) is 11.1 Å². The summed E-state index contributed by atoms with van der Waals surface area (Å²) >= 11 is 8.54. The zero-order valence-corrected chi connectivity index (χ0v) is 15.3. The summed E-state index contributed by atoms with van der Waals surface area (Å²) in [6.07, 6.45) is 3.39. The molecule has 23 heavy (non-hydrogen) atoms. The van der Waals surface area contributed by atoms with Crippen molar-refractivity contribution in [1.82, 2.24) is 10.2 Å². The lowest BCUT2D eigenvalue weighted by molar-refractivity contribution is -0.121. The molecule has 0 aliphatic carbocycles. The van der Waals surface area contributed by atoms with E-state index in [-0.39, 0.29) is 5.91 Å². The van der Waals surface area contributed by atoms with Gasteiger partial charge in [0, 0.05) is 7.05 Å². The molecule has 1 saturated heterocycles. The number of thiocarbonyl (C=S) groups is 1. The van der Waals surface area contributed by atoms with Crippen molar-refractivity contribution in [2.45, 2.75) is 6.92 Å². The first-order valence-corrected chi connectivity index (χ1v) is 8.18. The second-order valence-electron chi connectivity index (χ2n) is 4.72. The predicted molar refractivity (Wildman–Crippen MR) is 97.5 cm³/mol. The maximum Gasteiger partial charge on any atom is 0.276 e. The highest BCUT2D eigenvalue weighted by Crippen LogP contribution is 2.37. The lowest BCUT2D eigenvalue weighted by atomic mass is 10.1. The van der Waals surface area contributed by atoms with Crippen LogP contribution < -0.4 is 14.8 Å². The summed E-state index contributed by atoms with van der Waals surface area (Å²) in [5.41, 5.74) is 1.21. The van der Waals surface area contributed by atoms with Crippen LogP contribution in [0.5, 0.6) is 11.5 Å². The highest BCUT2D eigenvalue weighted by Gasteiger charge is 2.27. The van der Waals surface area contributed by atoms with Gasteiger partial charge in [0.1, 0.15) is 12.3 Å². The van der Waals surface area contributed by atoms with Crippen LogP contribution in [0.3, 0.4) is 0 Å². The summed E-state index contributed by atoms with van der Waals surface area (Å²) in [5, 5.41) is 3.28. The van der Waals surface area contributed by atoms with E-state index in [1.807, 2.05) is 19.1 Å². The summed E-state index contributed by atoms with van der Waals surface area (Å²) < 4.78 is 12.0. The number of halogens is 1.